The topological polar surface area (TPSA) is 59.1 Å². The Kier molecular flexibility index (Phi) is 6.64. The molecule has 0 atom stereocenters. The number of nitrogens with two attached hydrogens (primary N) is 1. The third-order valence-electron chi connectivity index (χ3n) is 1.05. The summed E-state index contributed by atoms with van der Waals surface area (Å²) in [5.74, 6) is 0.944. The Morgan fingerprint density at radius 2 is 1.92 bits per heavy atom. The number of rotatable bonds is 2. The van der Waals surface area contributed by atoms with E-state index in [0.717, 1.165) is 18.7 Å². The molecule has 1 rings (SSSR count). The Morgan fingerprint density at radius 3 is 2.33 bits per heavy atom. The van der Waals surface area contributed by atoms with Crippen LogP contribution in [0.1, 0.15) is 6.92 Å². The molecule has 0 aliphatic carbocycles. The minimum atomic E-state index is 0.740. The second-order valence-corrected chi connectivity index (χ2v) is 1.91. The number of nitrogens with one attached hydrogen (secondary N) is 1. The monoisotopic (exact) mass is 166 g/mol. The number of ether oxygens (including phenoxy) is 1. The van der Waals surface area contributed by atoms with Gasteiger partial charge in [0.2, 0.25) is 0 Å². The van der Waals surface area contributed by atoms with Gasteiger partial charge in [-0.15, -0.1) is 0 Å². The average molecular weight is 166 g/mol. The lowest BCUT2D eigenvalue weighted by atomic mass is 10.3. The van der Waals surface area contributed by atoms with Gasteiger partial charge in [-0.2, -0.15) is 0 Å². The lowest BCUT2D eigenvalue weighted by Crippen LogP contribution is -1.89. The van der Waals surface area contributed by atoms with E-state index in [1.54, 1.807) is 0 Å². The van der Waals surface area contributed by atoms with Crippen LogP contribution in [0, 0.1) is 5.41 Å². The van der Waals surface area contributed by atoms with Gasteiger partial charge in [-0.1, -0.05) is 18.2 Å². The molecule has 66 valence electrons. The van der Waals surface area contributed by atoms with E-state index in [-0.39, 0.29) is 0 Å². The van der Waals surface area contributed by atoms with E-state index < -0.39 is 0 Å². The van der Waals surface area contributed by atoms with Crippen LogP contribution < -0.4 is 10.5 Å². The predicted octanol–water partition coefficient (Wildman–Crippen LogP) is 1.64. The Balaban J connectivity index is 0.000000354. The molecule has 3 heteroatoms. The van der Waals surface area contributed by atoms with Crippen molar-refractivity contribution in [1.29, 1.82) is 5.41 Å². The van der Waals surface area contributed by atoms with E-state index in [4.69, 9.17) is 10.1 Å². The molecular weight excluding hydrogens is 152 g/mol. The van der Waals surface area contributed by atoms with Gasteiger partial charge >= 0.3 is 0 Å². The highest BCUT2D eigenvalue weighted by Gasteiger charge is 1.83. The summed E-state index contributed by atoms with van der Waals surface area (Å²) in [5, 5.41) is 5.86. The molecule has 0 saturated heterocycles. The fourth-order valence-electron chi connectivity index (χ4n) is 0.683. The summed E-state index contributed by atoms with van der Waals surface area (Å²) in [7, 11) is 0. The SMILES string of the molecule is CCOc1ccccc1.N=CN. The summed E-state index contributed by atoms with van der Waals surface area (Å²) in [6, 6.07) is 9.80. The van der Waals surface area contributed by atoms with Gasteiger partial charge in [0.25, 0.3) is 0 Å². The number of benzene rings is 1. The van der Waals surface area contributed by atoms with Crippen molar-refractivity contribution in [2.75, 3.05) is 6.61 Å². The van der Waals surface area contributed by atoms with Crippen molar-refractivity contribution in [3.05, 3.63) is 30.3 Å². The van der Waals surface area contributed by atoms with E-state index >= 15 is 0 Å². The molecule has 0 radical (unpaired) electrons. The first-order valence-corrected chi connectivity index (χ1v) is 3.73. The fraction of sp³-hybridized carbons (Fsp3) is 0.222. The van der Waals surface area contributed by atoms with Crippen LogP contribution in [0.25, 0.3) is 0 Å². The van der Waals surface area contributed by atoms with E-state index in [1.165, 1.54) is 0 Å². The van der Waals surface area contributed by atoms with Crippen LogP contribution in [-0.4, -0.2) is 12.9 Å². The smallest absolute Gasteiger partial charge is 0.119 e. The first-order valence-electron chi connectivity index (χ1n) is 3.73. The van der Waals surface area contributed by atoms with E-state index in [9.17, 15) is 0 Å². The van der Waals surface area contributed by atoms with Gasteiger partial charge in [0, 0.05) is 0 Å². The average Bonchev–Trinajstić information content (AvgIpc) is 2.08. The Labute approximate surface area is 72.7 Å². The highest BCUT2D eigenvalue weighted by Crippen LogP contribution is 2.06. The first kappa shape index (κ1) is 10.5. The maximum Gasteiger partial charge on any atom is 0.119 e. The Bertz CT molecular complexity index is 199. The van der Waals surface area contributed by atoms with Crippen LogP contribution in [0.2, 0.25) is 0 Å². The zero-order valence-corrected chi connectivity index (χ0v) is 7.16. The second-order valence-electron chi connectivity index (χ2n) is 1.91. The first-order chi connectivity index (χ1) is 5.85. The molecular formula is C9H14N2O. The summed E-state index contributed by atoms with van der Waals surface area (Å²) >= 11 is 0. The molecule has 0 bridgehead atoms. The van der Waals surface area contributed by atoms with Crippen LogP contribution in [0.15, 0.2) is 30.3 Å². The van der Waals surface area contributed by atoms with Crippen molar-refractivity contribution < 1.29 is 4.74 Å². The standard InChI is InChI=1S/C8H10O.CH4N2/c1-2-9-8-6-4-3-5-7-8;2-1-3/h3-7H,2H2,1H3;1H,(H3,2,3). The van der Waals surface area contributed by atoms with E-state index in [0.29, 0.717) is 0 Å². The molecule has 0 spiro atoms. The molecule has 1 aromatic rings. The molecule has 1 aromatic carbocycles. The molecule has 0 fully saturated rings. The van der Waals surface area contributed by atoms with Crippen molar-refractivity contribution in [2.24, 2.45) is 5.73 Å². The van der Waals surface area contributed by atoms with Gasteiger partial charge in [-0.25, -0.2) is 0 Å². The molecule has 0 aromatic heterocycles. The maximum atomic E-state index is 5.86. The molecule has 3 N–H and O–H groups in total. The summed E-state index contributed by atoms with van der Waals surface area (Å²) in [5.41, 5.74) is 4.39. The maximum absolute atomic E-state index is 5.86. The van der Waals surface area contributed by atoms with Gasteiger partial charge in [-0.05, 0) is 19.1 Å². The van der Waals surface area contributed by atoms with Crippen molar-refractivity contribution in [1.82, 2.24) is 0 Å². The molecule has 0 aliphatic heterocycles. The molecule has 12 heavy (non-hydrogen) atoms. The predicted molar refractivity (Wildman–Crippen MR) is 50.6 cm³/mol. The fourth-order valence-corrected chi connectivity index (χ4v) is 0.683. The van der Waals surface area contributed by atoms with Crippen LogP contribution >= 0.6 is 0 Å². The lowest BCUT2D eigenvalue weighted by molar-refractivity contribution is 0.340. The largest absolute Gasteiger partial charge is 0.494 e. The van der Waals surface area contributed by atoms with Crippen LogP contribution in [0.3, 0.4) is 0 Å². The molecule has 0 heterocycles. The van der Waals surface area contributed by atoms with Crippen molar-refractivity contribution in [3.8, 4) is 5.75 Å². The highest BCUT2D eigenvalue weighted by molar-refractivity contribution is 5.46. The number of hydrogen-bond donors (Lipinski definition) is 2. The van der Waals surface area contributed by atoms with Crippen LogP contribution in [0.5, 0.6) is 5.75 Å². The van der Waals surface area contributed by atoms with Crippen molar-refractivity contribution in [3.63, 3.8) is 0 Å². The Hall–Kier alpha value is -1.51. The van der Waals surface area contributed by atoms with E-state index in [2.05, 4.69) is 5.73 Å². The van der Waals surface area contributed by atoms with Gasteiger partial charge in [0.1, 0.15) is 5.75 Å². The molecule has 0 aliphatic rings. The normalized spacial score (nSPS) is 7.75. The van der Waals surface area contributed by atoms with Crippen LogP contribution in [0.4, 0.5) is 0 Å². The molecule has 0 saturated carbocycles. The molecule has 3 nitrogen and oxygen atoms in total. The van der Waals surface area contributed by atoms with Gasteiger partial charge in [0.15, 0.2) is 0 Å². The minimum Gasteiger partial charge on any atom is -0.494 e. The van der Waals surface area contributed by atoms with Gasteiger partial charge in [0.05, 0.1) is 12.9 Å². The summed E-state index contributed by atoms with van der Waals surface area (Å²) in [6.45, 7) is 2.72. The number of para-hydroxylation sites is 1. The zero-order chi connectivity index (χ0) is 9.23. The van der Waals surface area contributed by atoms with Crippen molar-refractivity contribution >= 4 is 6.34 Å². The molecule has 0 amide bonds. The Morgan fingerprint density at radius 1 is 1.42 bits per heavy atom. The quantitative estimate of drug-likeness (QED) is 0.518. The summed E-state index contributed by atoms with van der Waals surface area (Å²) in [6.07, 6.45) is 0.750. The second kappa shape index (κ2) is 7.60. The summed E-state index contributed by atoms with van der Waals surface area (Å²) < 4.78 is 5.21. The minimum absolute atomic E-state index is 0.740. The molecule has 0 unspecified atom stereocenters. The van der Waals surface area contributed by atoms with Gasteiger partial charge in [-0.3, -0.25) is 5.41 Å². The van der Waals surface area contributed by atoms with E-state index in [1.807, 2.05) is 37.3 Å². The highest BCUT2D eigenvalue weighted by atomic mass is 16.5. The lowest BCUT2D eigenvalue weighted by Gasteiger charge is -1.99. The third kappa shape index (κ3) is 5.29. The van der Waals surface area contributed by atoms with Crippen LogP contribution in [-0.2, 0) is 0 Å². The van der Waals surface area contributed by atoms with Gasteiger partial charge < -0.3 is 10.5 Å². The summed E-state index contributed by atoms with van der Waals surface area (Å²) in [4.78, 5) is 0. The zero-order valence-electron chi connectivity index (χ0n) is 7.16. The third-order valence-corrected chi connectivity index (χ3v) is 1.05. The van der Waals surface area contributed by atoms with Crippen molar-refractivity contribution in [2.45, 2.75) is 6.92 Å². The number of hydrogen-bond acceptors (Lipinski definition) is 2.